The van der Waals surface area contributed by atoms with Crippen molar-refractivity contribution in [1.29, 1.82) is 0 Å². The Kier molecular flexibility index (Phi) is 7.69. The molecule has 7 nitrogen and oxygen atoms in total. The first kappa shape index (κ1) is 26.0. The number of carboxylic acids is 1. The summed E-state index contributed by atoms with van der Waals surface area (Å²) in [6.45, 7) is 4.44. The monoisotopic (exact) mass is 518 g/mol. The fraction of sp³-hybridized carbons (Fsp3) is 0.207. The number of nitrogens with zero attached hydrogens (tertiary/aromatic N) is 1. The van der Waals surface area contributed by atoms with Crippen molar-refractivity contribution in [2.45, 2.75) is 37.8 Å². The summed E-state index contributed by atoms with van der Waals surface area (Å²) < 4.78 is 34.1. The third-order valence-electron chi connectivity index (χ3n) is 6.43. The topological polar surface area (TPSA) is 95.9 Å². The molecule has 0 radical (unpaired) electrons. The Hall–Kier alpha value is -4.04. The van der Waals surface area contributed by atoms with Crippen molar-refractivity contribution in [3.8, 4) is 5.75 Å². The highest BCUT2D eigenvalue weighted by Crippen LogP contribution is 2.36. The molecule has 0 unspecified atom stereocenters. The van der Waals surface area contributed by atoms with E-state index in [1.807, 2.05) is 68.4 Å². The minimum Gasteiger partial charge on any atom is -0.497 e. The Morgan fingerprint density at radius 2 is 1.59 bits per heavy atom. The van der Waals surface area contributed by atoms with Crippen LogP contribution in [0, 0.1) is 6.92 Å². The van der Waals surface area contributed by atoms with E-state index in [0.717, 1.165) is 27.6 Å². The lowest BCUT2D eigenvalue weighted by Crippen LogP contribution is -2.34. The summed E-state index contributed by atoms with van der Waals surface area (Å²) in [6.07, 6.45) is -0.0357. The summed E-state index contributed by atoms with van der Waals surface area (Å²) in [5, 5.41) is 11.1. The molecule has 0 saturated heterocycles. The number of rotatable bonds is 10. The van der Waals surface area contributed by atoms with E-state index in [1.165, 1.54) is 19.2 Å². The zero-order chi connectivity index (χ0) is 26.6. The molecular formula is C29H30N2O5S. The average Bonchev–Trinajstić information content (AvgIpc) is 2.88. The number of carbonyl (C=O) groups is 1. The first-order chi connectivity index (χ1) is 17.7. The highest BCUT2D eigenvalue weighted by molar-refractivity contribution is 7.92. The van der Waals surface area contributed by atoms with Crippen LogP contribution in [0.1, 0.15) is 24.5 Å². The molecule has 0 fully saturated rings. The average molecular weight is 519 g/mol. The molecule has 0 spiro atoms. The van der Waals surface area contributed by atoms with Crippen LogP contribution in [0.4, 0.5) is 11.4 Å². The standard InChI is InChI=1S/C29H30N2O5S/c1-20-8-4-5-9-22(20)19-31(21(2)18-29(32)33)28-17-16-27(25-10-6-7-11-26(25)28)30-37(34,35)24-14-12-23(36-3)13-15-24/h4-17,21,30H,18-19H2,1-3H3,(H,32,33)/t21-/m0/s1. The molecule has 4 rings (SSSR count). The van der Waals surface area contributed by atoms with Crippen LogP contribution in [0.15, 0.2) is 89.8 Å². The first-order valence-electron chi connectivity index (χ1n) is 11.9. The summed E-state index contributed by atoms with van der Waals surface area (Å²) in [5.74, 6) is -0.312. The summed E-state index contributed by atoms with van der Waals surface area (Å²) in [7, 11) is -2.32. The van der Waals surface area contributed by atoms with Crippen LogP contribution in [-0.2, 0) is 21.4 Å². The maximum absolute atomic E-state index is 13.1. The van der Waals surface area contributed by atoms with Crippen LogP contribution >= 0.6 is 0 Å². The summed E-state index contributed by atoms with van der Waals surface area (Å²) in [4.78, 5) is 13.8. The van der Waals surface area contributed by atoms with E-state index in [2.05, 4.69) is 9.62 Å². The number of carboxylic acid groups (broad SMARTS) is 1. The number of hydrogen-bond acceptors (Lipinski definition) is 5. The lowest BCUT2D eigenvalue weighted by molar-refractivity contribution is -0.137. The van der Waals surface area contributed by atoms with E-state index in [1.54, 1.807) is 18.2 Å². The predicted molar refractivity (Wildman–Crippen MR) is 147 cm³/mol. The van der Waals surface area contributed by atoms with Gasteiger partial charge < -0.3 is 14.7 Å². The van der Waals surface area contributed by atoms with E-state index in [4.69, 9.17) is 4.74 Å². The second kappa shape index (κ2) is 10.9. The number of benzene rings is 4. The lowest BCUT2D eigenvalue weighted by atomic mass is 10.0. The fourth-order valence-corrected chi connectivity index (χ4v) is 5.47. The van der Waals surface area contributed by atoms with E-state index >= 15 is 0 Å². The third kappa shape index (κ3) is 5.86. The molecule has 37 heavy (non-hydrogen) atoms. The Morgan fingerprint density at radius 1 is 0.946 bits per heavy atom. The minimum absolute atomic E-state index is 0.0357. The van der Waals surface area contributed by atoms with E-state index in [-0.39, 0.29) is 17.4 Å². The van der Waals surface area contributed by atoms with Gasteiger partial charge in [0.25, 0.3) is 10.0 Å². The Balaban J connectivity index is 1.77. The van der Waals surface area contributed by atoms with Crippen LogP contribution in [0.5, 0.6) is 5.75 Å². The van der Waals surface area contributed by atoms with Gasteiger partial charge in [0.05, 0.1) is 24.1 Å². The summed E-state index contributed by atoms with van der Waals surface area (Å²) >= 11 is 0. The van der Waals surface area contributed by atoms with Crippen molar-refractivity contribution >= 4 is 38.1 Å². The van der Waals surface area contributed by atoms with Crippen LogP contribution < -0.4 is 14.4 Å². The van der Waals surface area contributed by atoms with Gasteiger partial charge in [0.1, 0.15) is 5.75 Å². The van der Waals surface area contributed by atoms with Gasteiger partial charge in [-0.15, -0.1) is 0 Å². The number of sulfonamides is 1. The highest BCUT2D eigenvalue weighted by atomic mass is 32.2. The zero-order valence-corrected chi connectivity index (χ0v) is 21.8. The molecule has 4 aromatic carbocycles. The van der Waals surface area contributed by atoms with Crippen molar-refractivity contribution in [2.24, 2.45) is 0 Å². The number of aliphatic carboxylic acids is 1. The van der Waals surface area contributed by atoms with Gasteiger partial charge in [0.15, 0.2) is 0 Å². The molecule has 0 saturated carbocycles. The summed E-state index contributed by atoms with van der Waals surface area (Å²) in [6, 6.07) is 25.0. The molecule has 1 atom stereocenters. The minimum atomic E-state index is -3.85. The largest absolute Gasteiger partial charge is 0.497 e. The van der Waals surface area contributed by atoms with Crippen LogP contribution in [0.25, 0.3) is 10.8 Å². The molecule has 0 aliphatic heterocycles. The van der Waals surface area contributed by atoms with Crippen molar-refractivity contribution in [3.05, 3.63) is 96.1 Å². The fourth-order valence-electron chi connectivity index (χ4n) is 4.39. The van der Waals surface area contributed by atoms with Gasteiger partial charge in [0, 0.05) is 29.0 Å². The van der Waals surface area contributed by atoms with Crippen LogP contribution in [0.2, 0.25) is 0 Å². The predicted octanol–water partition coefficient (Wildman–Crippen LogP) is 5.83. The first-order valence-corrected chi connectivity index (χ1v) is 13.4. The summed E-state index contributed by atoms with van der Waals surface area (Å²) in [5.41, 5.74) is 3.48. The van der Waals surface area contributed by atoms with Gasteiger partial charge in [-0.25, -0.2) is 8.42 Å². The molecule has 192 valence electrons. The maximum Gasteiger partial charge on any atom is 0.305 e. The maximum atomic E-state index is 13.1. The third-order valence-corrected chi connectivity index (χ3v) is 7.81. The van der Waals surface area contributed by atoms with Crippen molar-refractivity contribution < 1.29 is 23.1 Å². The van der Waals surface area contributed by atoms with Crippen LogP contribution in [-0.4, -0.2) is 32.6 Å². The van der Waals surface area contributed by atoms with Gasteiger partial charge in [-0.3, -0.25) is 9.52 Å². The number of methoxy groups -OCH3 is 1. The number of hydrogen-bond donors (Lipinski definition) is 2. The normalized spacial score (nSPS) is 12.2. The molecule has 0 aromatic heterocycles. The van der Waals surface area contributed by atoms with E-state index < -0.39 is 16.0 Å². The van der Waals surface area contributed by atoms with E-state index in [0.29, 0.717) is 18.0 Å². The molecule has 2 N–H and O–H groups in total. The van der Waals surface area contributed by atoms with Crippen molar-refractivity contribution in [3.63, 3.8) is 0 Å². The van der Waals surface area contributed by atoms with Gasteiger partial charge >= 0.3 is 5.97 Å². The smallest absolute Gasteiger partial charge is 0.305 e. The molecule has 0 bridgehead atoms. The Morgan fingerprint density at radius 3 is 2.24 bits per heavy atom. The van der Waals surface area contributed by atoms with Gasteiger partial charge in [-0.1, -0.05) is 48.5 Å². The Bertz CT molecular complexity index is 1520. The van der Waals surface area contributed by atoms with Gasteiger partial charge in [-0.05, 0) is 61.4 Å². The van der Waals surface area contributed by atoms with E-state index in [9.17, 15) is 18.3 Å². The lowest BCUT2D eigenvalue weighted by Gasteiger charge is -2.32. The highest BCUT2D eigenvalue weighted by Gasteiger charge is 2.22. The van der Waals surface area contributed by atoms with Crippen LogP contribution in [0.3, 0.4) is 0 Å². The molecule has 0 aliphatic carbocycles. The van der Waals surface area contributed by atoms with Gasteiger partial charge in [-0.2, -0.15) is 0 Å². The number of aryl methyl sites for hydroxylation is 1. The SMILES string of the molecule is COc1ccc(S(=O)(=O)Nc2ccc(N(Cc3ccccc3C)[C@@H](C)CC(=O)O)c3ccccc23)cc1. The second-order valence-corrected chi connectivity index (χ2v) is 10.6. The number of nitrogens with one attached hydrogen (secondary N) is 1. The molecule has 0 aliphatic rings. The Labute approximate surface area is 217 Å². The molecular weight excluding hydrogens is 488 g/mol. The zero-order valence-electron chi connectivity index (χ0n) is 21.0. The number of ether oxygens (including phenoxy) is 1. The molecule has 4 aromatic rings. The molecule has 0 amide bonds. The molecule has 8 heteroatoms. The number of fused-ring (bicyclic) bond motifs is 1. The van der Waals surface area contributed by atoms with Crippen molar-refractivity contribution in [1.82, 2.24) is 0 Å². The quantitative estimate of drug-likeness (QED) is 0.274. The second-order valence-electron chi connectivity index (χ2n) is 8.96. The van der Waals surface area contributed by atoms with Gasteiger partial charge in [0.2, 0.25) is 0 Å². The number of anilines is 2. The molecule has 0 heterocycles. The van der Waals surface area contributed by atoms with Crippen molar-refractivity contribution in [2.75, 3.05) is 16.7 Å².